The fraction of sp³-hybridized carbons (Fsp3) is 0.304. The Morgan fingerprint density at radius 3 is 2.68 bits per heavy atom. The molecule has 4 aromatic rings. The molecular weight excluding hydrogens is 392 g/mol. The minimum absolute atomic E-state index is 0.0714. The first-order valence-corrected chi connectivity index (χ1v) is 10.4. The number of aryl methyl sites for hydroxylation is 2. The number of phenolic OH excluding ortho intramolecular Hbond substituents is 1. The van der Waals surface area contributed by atoms with E-state index in [2.05, 4.69) is 20.3 Å². The van der Waals surface area contributed by atoms with Crippen LogP contribution in [0.2, 0.25) is 0 Å². The number of aromatic hydroxyl groups is 1. The van der Waals surface area contributed by atoms with Crippen LogP contribution in [0.1, 0.15) is 28.9 Å². The molecule has 1 amide bonds. The van der Waals surface area contributed by atoms with Gasteiger partial charge in [-0.2, -0.15) is 5.10 Å². The zero-order valence-corrected chi connectivity index (χ0v) is 17.8. The van der Waals surface area contributed by atoms with Crippen molar-refractivity contribution in [3.05, 3.63) is 41.7 Å². The van der Waals surface area contributed by atoms with Crippen molar-refractivity contribution in [2.24, 2.45) is 7.05 Å². The third kappa shape index (κ3) is 3.15. The Hall–Kier alpha value is -3.68. The van der Waals surface area contributed by atoms with Gasteiger partial charge in [-0.05, 0) is 44.0 Å². The summed E-state index contributed by atoms with van der Waals surface area (Å²) >= 11 is 0. The summed E-state index contributed by atoms with van der Waals surface area (Å²) in [4.78, 5) is 24.3. The molecule has 2 N–H and O–H groups in total. The minimum atomic E-state index is -0.286. The van der Waals surface area contributed by atoms with E-state index >= 15 is 0 Å². The van der Waals surface area contributed by atoms with Crippen LogP contribution in [0.4, 0.5) is 5.69 Å². The molecule has 0 spiro atoms. The lowest BCUT2D eigenvalue weighted by molar-refractivity contribution is 0.0960. The summed E-state index contributed by atoms with van der Waals surface area (Å²) in [7, 11) is 3.42. The van der Waals surface area contributed by atoms with E-state index in [-0.39, 0.29) is 11.7 Å². The van der Waals surface area contributed by atoms with Crippen LogP contribution >= 0.6 is 0 Å². The van der Waals surface area contributed by atoms with Gasteiger partial charge in [-0.3, -0.25) is 9.48 Å². The van der Waals surface area contributed by atoms with Gasteiger partial charge in [0, 0.05) is 55.4 Å². The molecule has 1 saturated heterocycles. The van der Waals surface area contributed by atoms with Crippen LogP contribution < -0.4 is 10.2 Å². The number of anilines is 1. The molecular formula is C23H24N6O2. The molecule has 0 aliphatic carbocycles. The molecule has 1 aliphatic rings. The third-order valence-electron chi connectivity index (χ3n) is 5.96. The first-order chi connectivity index (χ1) is 15.0. The van der Waals surface area contributed by atoms with Gasteiger partial charge in [-0.15, -0.1) is 0 Å². The van der Waals surface area contributed by atoms with Crippen LogP contribution in [0.25, 0.3) is 33.2 Å². The number of nitrogens with one attached hydrogen (secondary N) is 1. The second-order valence-electron chi connectivity index (χ2n) is 8.01. The molecule has 0 saturated carbocycles. The number of hydrogen-bond donors (Lipinski definition) is 2. The van der Waals surface area contributed by atoms with Crippen LogP contribution in [0.5, 0.6) is 5.75 Å². The Balaban J connectivity index is 1.73. The standard InChI is InChI=1S/C23H24N6O2/c1-13-19-14(12-28(3)27-19)10-17(21(13)30)22-25-18-7-6-15(29-8-4-5-9-29)11-16(18)20(26-22)23(31)24-2/h6-7,10-12,30H,4-5,8-9H2,1-3H3,(H,24,31). The lowest BCUT2D eigenvalue weighted by Gasteiger charge is -2.18. The lowest BCUT2D eigenvalue weighted by atomic mass is 10.0. The van der Waals surface area contributed by atoms with Crippen LogP contribution in [0.15, 0.2) is 30.5 Å². The molecule has 2 aromatic heterocycles. The van der Waals surface area contributed by atoms with Gasteiger partial charge in [0.15, 0.2) is 5.82 Å². The molecule has 1 fully saturated rings. The Kier molecular flexibility index (Phi) is 4.50. The van der Waals surface area contributed by atoms with E-state index in [4.69, 9.17) is 4.98 Å². The number of phenols is 1. The van der Waals surface area contributed by atoms with Crippen LogP contribution in [-0.4, -0.2) is 50.9 Å². The predicted octanol–water partition coefficient (Wildman–Crippen LogP) is 3.16. The third-order valence-corrected chi connectivity index (χ3v) is 5.96. The van der Waals surface area contributed by atoms with E-state index in [0.29, 0.717) is 33.5 Å². The highest BCUT2D eigenvalue weighted by atomic mass is 16.3. The number of hydrogen-bond acceptors (Lipinski definition) is 6. The Bertz CT molecular complexity index is 1340. The second kappa shape index (κ2) is 7.23. The maximum atomic E-state index is 12.7. The fourth-order valence-electron chi connectivity index (χ4n) is 4.31. The highest BCUT2D eigenvalue weighted by Gasteiger charge is 2.21. The summed E-state index contributed by atoms with van der Waals surface area (Å²) in [6.45, 7) is 3.84. The number of benzene rings is 2. The van der Waals surface area contributed by atoms with Gasteiger partial charge in [0.1, 0.15) is 11.4 Å². The fourth-order valence-corrected chi connectivity index (χ4v) is 4.31. The van der Waals surface area contributed by atoms with Crippen molar-refractivity contribution in [3.8, 4) is 17.1 Å². The number of fused-ring (bicyclic) bond motifs is 2. The van der Waals surface area contributed by atoms with E-state index in [1.54, 1.807) is 11.7 Å². The summed E-state index contributed by atoms with van der Waals surface area (Å²) in [6.07, 6.45) is 4.23. The topological polar surface area (TPSA) is 96.2 Å². The number of carbonyl (C=O) groups excluding carboxylic acids is 1. The summed E-state index contributed by atoms with van der Waals surface area (Å²) in [5.74, 6) is 0.0966. The van der Waals surface area contributed by atoms with Crippen molar-refractivity contribution in [3.63, 3.8) is 0 Å². The van der Waals surface area contributed by atoms with Crippen molar-refractivity contribution in [1.29, 1.82) is 0 Å². The smallest absolute Gasteiger partial charge is 0.270 e. The van der Waals surface area contributed by atoms with Gasteiger partial charge in [0.25, 0.3) is 5.91 Å². The van der Waals surface area contributed by atoms with E-state index in [1.807, 2.05) is 44.4 Å². The van der Waals surface area contributed by atoms with Crippen molar-refractivity contribution in [2.75, 3.05) is 25.0 Å². The zero-order chi connectivity index (χ0) is 21.7. The maximum Gasteiger partial charge on any atom is 0.270 e. The number of nitrogens with zero attached hydrogens (tertiary/aromatic N) is 5. The number of rotatable bonds is 3. The monoisotopic (exact) mass is 416 g/mol. The maximum absolute atomic E-state index is 12.7. The highest BCUT2D eigenvalue weighted by molar-refractivity contribution is 6.06. The molecule has 8 nitrogen and oxygen atoms in total. The summed E-state index contributed by atoms with van der Waals surface area (Å²) < 4.78 is 1.71. The Labute approximate surface area is 179 Å². The van der Waals surface area contributed by atoms with Crippen molar-refractivity contribution >= 4 is 33.4 Å². The molecule has 2 aromatic carbocycles. The summed E-state index contributed by atoms with van der Waals surface area (Å²) in [5, 5.41) is 19.5. The first kappa shape index (κ1) is 19.3. The van der Waals surface area contributed by atoms with Gasteiger partial charge >= 0.3 is 0 Å². The van der Waals surface area contributed by atoms with Crippen molar-refractivity contribution in [2.45, 2.75) is 19.8 Å². The van der Waals surface area contributed by atoms with Gasteiger partial charge in [0.05, 0.1) is 16.6 Å². The summed E-state index contributed by atoms with van der Waals surface area (Å²) in [5.41, 5.74) is 3.89. The zero-order valence-electron chi connectivity index (χ0n) is 17.8. The molecule has 0 radical (unpaired) electrons. The largest absolute Gasteiger partial charge is 0.507 e. The van der Waals surface area contributed by atoms with Crippen molar-refractivity contribution in [1.82, 2.24) is 25.1 Å². The van der Waals surface area contributed by atoms with Crippen molar-refractivity contribution < 1.29 is 9.90 Å². The lowest BCUT2D eigenvalue weighted by Crippen LogP contribution is -2.21. The van der Waals surface area contributed by atoms with E-state index < -0.39 is 0 Å². The van der Waals surface area contributed by atoms with Gasteiger partial charge in [0.2, 0.25) is 0 Å². The molecule has 0 bridgehead atoms. The molecule has 8 heteroatoms. The van der Waals surface area contributed by atoms with Crippen LogP contribution in [0, 0.1) is 6.92 Å². The molecule has 1 aliphatic heterocycles. The Morgan fingerprint density at radius 1 is 1.16 bits per heavy atom. The van der Waals surface area contributed by atoms with Crippen LogP contribution in [0.3, 0.4) is 0 Å². The number of carbonyl (C=O) groups is 1. The minimum Gasteiger partial charge on any atom is -0.507 e. The van der Waals surface area contributed by atoms with E-state index in [0.717, 1.165) is 29.7 Å². The van der Waals surface area contributed by atoms with Gasteiger partial charge in [-0.1, -0.05) is 0 Å². The van der Waals surface area contributed by atoms with Gasteiger partial charge < -0.3 is 15.3 Å². The average Bonchev–Trinajstić information content (AvgIpc) is 3.44. The quantitative estimate of drug-likeness (QED) is 0.533. The number of amides is 1. The van der Waals surface area contributed by atoms with E-state index in [9.17, 15) is 9.90 Å². The molecule has 3 heterocycles. The normalized spacial score (nSPS) is 14.0. The molecule has 158 valence electrons. The first-order valence-electron chi connectivity index (χ1n) is 10.4. The molecule has 5 rings (SSSR count). The predicted molar refractivity (Wildman–Crippen MR) is 120 cm³/mol. The molecule has 31 heavy (non-hydrogen) atoms. The second-order valence-corrected chi connectivity index (χ2v) is 8.01. The molecule has 0 atom stereocenters. The SMILES string of the molecule is CNC(=O)c1nc(-c2cc3cn(C)nc3c(C)c2O)nc2ccc(N3CCCC3)cc12. The average molecular weight is 416 g/mol. The number of aromatic nitrogens is 4. The molecule has 0 unspecified atom stereocenters. The highest BCUT2D eigenvalue weighted by Crippen LogP contribution is 2.36. The van der Waals surface area contributed by atoms with Crippen LogP contribution in [-0.2, 0) is 7.05 Å². The summed E-state index contributed by atoms with van der Waals surface area (Å²) in [6, 6.07) is 7.77. The van der Waals surface area contributed by atoms with Gasteiger partial charge in [-0.25, -0.2) is 9.97 Å². The van der Waals surface area contributed by atoms with E-state index in [1.165, 1.54) is 12.8 Å². The Morgan fingerprint density at radius 2 is 1.94 bits per heavy atom.